The minimum atomic E-state index is 0.0849. The van der Waals surface area contributed by atoms with Crippen molar-refractivity contribution in [1.29, 1.82) is 0 Å². The molecule has 0 aromatic carbocycles. The number of hydrogen-bond acceptors (Lipinski definition) is 5. The topological polar surface area (TPSA) is 68.2 Å². The van der Waals surface area contributed by atoms with Gasteiger partial charge in [0.05, 0.1) is 0 Å². The summed E-state index contributed by atoms with van der Waals surface area (Å²) >= 11 is 0. The van der Waals surface area contributed by atoms with Crippen molar-refractivity contribution in [1.82, 2.24) is 19.9 Å². The molecule has 1 amide bonds. The van der Waals surface area contributed by atoms with Gasteiger partial charge in [-0.1, -0.05) is 0 Å². The van der Waals surface area contributed by atoms with E-state index in [1.54, 1.807) is 30.9 Å². The number of ether oxygens (including phenoxy) is 1. The van der Waals surface area contributed by atoms with Crippen molar-refractivity contribution in [3.8, 4) is 6.01 Å². The highest BCUT2D eigenvalue weighted by Crippen LogP contribution is 2.16. The molecule has 0 unspecified atom stereocenters. The lowest BCUT2D eigenvalue weighted by Gasteiger charge is -2.31. The molecule has 0 atom stereocenters. The molecule has 23 heavy (non-hydrogen) atoms. The lowest BCUT2D eigenvalue weighted by atomic mass is 10.1. The van der Waals surface area contributed by atoms with E-state index in [0.717, 1.165) is 37.9 Å². The highest BCUT2D eigenvalue weighted by Gasteiger charge is 2.24. The molecular weight excluding hydrogens is 292 g/mol. The summed E-state index contributed by atoms with van der Waals surface area (Å²) in [5.74, 6) is 0.205. The van der Waals surface area contributed by atoms with Crippen molar-refractivity contribution in [3.05, 3.63) is 48.5 Å². The Kier molecular flexibility index (Phi) is 5.13. The Balaban J connectivity index is 1.42. The molecule has 2 aromatic rings. The molecule has 1 fully saturated rings. The van der Waals surface area contributed by atoms with Crippen molar-refractivity contribution < 1.29 is 9.53 Å². The van der Waals surface area contributed by atoms with Crippen LogP contribution in [0.15, 0.2) is 43.0 Å². The number of aromatic nitrogens is 3. The van der Waals surface area contributed by atoms with Gasteiger partial charge in [0.1, 0.15) is 6.10 Å². The van der Waals surface area contributed by atoms with Gasteiger partial charge in [-0.3, -0.25) is 9.78 Å². The Morgan fingerprint density at radius 1 is 1.13 bits per heavy atom. The van der Waals surface area contributed by atoms with Crippen LogP contribution in [0.25, 0.3) is 0 Å². The Bertz CT molecular complexity index is 613. The molecule has 2 aromatic heterocycles. The zero-order valence-corrected chi connectivity index (χ0v) is 13.0. The maximum atomic E-state index is 12.3. The van der Waals surface area contributed by atoms with Crippen LogP contribution in [0.1, 0.15) is 24.8 Å². The Labute approximate surface area is 135 Å². The minimum absolute atomic E-state index is 0.0849. The zero-order valence-electron chi connectivity index (χ0n) is 13.0. The summed E-state index contributed by atoms with van der Waals surface area (Å²) in [5, 5.41) is 0. The van der Waals surface area contributed by atoms with Crippen LogP contribution in [0, 0.1) is 0 Å². The van der Waals surface area contributed by atoms with Gasteiger partial charge in [0.15, 0.2) is 0 Å². The van der Waals surface area contributed by atoms with E-state index in [4.69, 9.17) is 4.74 Å². The predicted molar refractivity (Wildman–Crippen MR) is 84.8 cm³/mol. The second-order valence-electron chi connectivity index (χ2n) is 5.58. The second-order valence-corrected chi connectivity index (χ2v) is 5.58. The monoisotopic (exact) mass is 312 g/mol. The Morgan fingerprint density at radius 3 is 2.52 bits per heavy atom. The first-order valence-electron chi connectivity index (χ1n) is 7.91. The van der Waals surface area contributed by atoms with Crippen LogP contribution in [-0.4, -0.2) is 45.0 Å². The molecule has 0 spiro atoms. The molecule has 6 heteroatoms. The number of hydrogen-bond donors (Lipinski definition) is 0. The van der Waals surface area contributed by atoms with E-state index in [2.05, 4.69) is 15.0 Å². The van der Waals surface area contributed by atoms with Gasteiger partial charge in [-0.15, -0.1) is 0 Å². The molecule has 0 N–H and O–H groups in total. The van der Waals surface area contributed by atoms with Crippen molar-refractivity contribution >= 4 is 5.91 Å². The molecule has 0 radical (unpaired) electrons. The number of nitrogens with zero attached hydrogens (tertiary/aromatic N) is 4. The van der Waals surface area contributed by atoms with Gasteiger partial charge in [-0.2, -0.15) is 0 Å². The largest absolute Gasteiger partial charge is 0.460 e. The van der Waals surface area contributed by atoms with Crippen molar-refractivity contribution in [2.45, 2.75) is 31.8 Å². The first kappa shape index (κ1) is 15.4. The summed E-state index contributed by atoms with van der Waals surface area (Å²) in [6.07, 6.45) is 9.87. The summed E-state index contributed by atoms with van der Waals surface area (Å²) in [6.45, 7) is 1.46. The molecule has 1 aliphatic rings. The molecule has 1 saturated heterocycles. The van der Waals surface area contributed by atoms with Crippen LogP contribution in [-0.2, 0) is 11.2 Å². The SMILES string of the molecule is O=C(CCc1ccncc1)N1CCC(Oc2ncccn2)CC1. The van der Waals surface area contributed by atoms with E-state index in [1.165, 1.54) is 0 Å². The molecule has 120 valence electrons. The predicted octanol–water partition coefficient (Wildman–Crippen LogP) is 1.87. The molecule has 3 heterocycles. The highest BCUT2D eigenvalue weighted by atomic mass is 16.5. The number of amides is 1. The first-order valence-corrected chi connectivity index (χ1v) is 7.91. The fourth-order valence-electron chi connectivity index (χ4n) is 2.68. The molecule has 1 aliphatic heterocycles. The van der Waals surface area contributed by atoms with E-state index in [0.29, 0.717) is 12.4 Å². The summed E-state index contributed by atoms with van der Waals surface area (Å²) in [4.78, 5) is 26.3. The van der Waals surface area contributed by atoms with Crippen molar-refractivity contribution in [3.63, 3.8) is 0 Å². The maximum Gasteiger partial charge on any atom is 0.316 e. The van der Waals surface area contributed by atoms with Gasteiger partial charge in [0.25, 0.3) is 0 Å². The van der Waals surface area contributed by atoms with Gasteiger partial charge in [0, 0.05) is 57.1 Å². The standard InChI is InChI=1S/C17H20N4O2/c22-16(3-2-14-4-10-18-11-5-14)21-12-6-15(7-13-21)23-17-19-8-1-9-20-17/h1,4-5,8-11,15H,2-3,6-7,12-13H2. The second kappa shape index (κ2) is 7.67. The van der Waals surface area contributed by atoms with E-state index >= 15 is 0 Å². The van der Waals surface area contributed by atoms with Crippen LogP contribution < -0.4 is 4.74 Å². The first-order chi connectivity index (χ1) is 11.3. The fraction of sp³-hybridized carbons (Fsp3) is 0.412. The van der Waals surface area contributed by atoms with Crippen LogP contribution in [0.4, 0.5) is 0 Å². The van der Waals surface area contributed by atoms with Gasteiger partial charge in [-0.25, -0.2) is 9.97 Å². The Hall–Kier alpha value is -2.50. The van der Waals surface area contributed by atoms with Crippen LogP contribution in [0.5, 0.6) is 6.01 Å². The van der Waals surface area contributed by atoms with E-state index in [-0.39, 0.29) is 12.0 Å². The van der Waals surface area contributed by atoms with Crippen molar-refractivity contribution in [2.24, 2.45) is 0 Å². The molecular formula is C17H20N4O2. The zero-order chi connectivity index (χ0) is 15.9. The van der Waals surface area contributed by atoms with Gasteiger partial charge < -0.3 is 9.64 Å². The van der Waals surface area contributed by atoms with Crippen molar-refractivity contribution in [2.75, 3.05) is 13.1 Å². The highest BCUT2D eigenvalue weighted by molar-refractivity contribution is 5.76. The average molecular weight is 312 g/mol. The van der Waals surface area contributed by atoms with E-state index in [9.17, 15) is 4.79 Å². The quantitative estimate of drug-likeness (QED) is 0.843. The van der Waals surface area contributed by atoms with E-state index < -0.39 is 0 Å². The lowest BCUT2D eigenvalue weighted by Crippen LogP contribution is -2.42. The summed E-state index contributed by atoms with van der Waals surface area (Å²) < 4.78 is 5.75. The minimum Gasteiger partial charge on any atom is -0.460 e. The number of carbonyl (C=O) groups is 1. The van der Waals surface area contributed by atoms with Crippen LogP contribution in [0.3, 0.4) is 0 Å². The normalized spacial score (nSPS) is 15.4. The van der Waals surface area contributed by atoms with Gasteiger partial charge in [-0.05, 0) is 30.2 Å². The number of piperidine rings is 1. The van der Waals surface area contributed by atoms with Crippen LogP contribution in [0.2, 0.25) is 0 Å². The average Bonchev–Trinajstić information content (AvgIpc) is 2.62. The van der Waals surface area contributed by atoms with Crippen LogP contribution >= 0.6 is 0 Å². The van der Waals surface area contributed by atoms with Gasteiger partial charge >= 0.3 is 6.01 Å². The van der Waals surface area contributed by atoms with Gasteiger partial charge in [0.2, 0.25) is 5.91 Å². The summed E-state index contributed by atoms with van der Waals surface area (Å²) in [7, 11) is 0. The molecule has 0 aliphatic carbocycles. The molecule has 3 rings (SSSR count). The Morgan fingerprint density at radius 2 is 1.83 bits per heavy atom. The fourth-order valence-corrected chi connectivity index (χ4v) is 2.68. The number of likely N-dealkylation sites (tertiary alicyclic amines) is 1. The number of pyridine rings is 1. The number of rotatable bonds is 5. The number of carbonyl (C=O) groups excluding carboxylic acids is 1. The maximum absolute atomic E-state index is 12.3. The third kappa shape index (κ3) is 4.48. The third-order valence-electron chi connectivity index (χ3n) is 3.99. The third-order valence-corrected chi connectivity index (χ3v) is 3.99. The lowest BCUT2D eigenvalue weighted by molar-refractivity contribution is -0.133. The molecule has 6 nitrogen and oxygen atoms in total. The molecule has 0 bridgehead atoms. The summed E-state index contributed by atoms with van der Waals surface area (Å²) in [6, 6.07) is 6.08. The van der Waals surface area contributed by atoms with E-state index in [1.807, 2.05) is 17.0 Å². The summed E-state index contributed by atoms with van der Waals surface area (Å²) in [5.41, 5.74) is 1.15. The number of aryl methyl sites for hydroxylation is 1. The molecule has 0 saturated carbocycles. The smallest absolute Gasteiger partial charge is 0.316 e.